The van der Waals surface area contributed by atoms with Gasteiger partial charge in [-0.3, -0.25) is 0 Å². The monoisotopic (exact) mass is 378 g/mol. The molecule has 2 aliphatic rings. The van der Waals surface area contributed by atoms with Gasteiger partial charge in [-0.15, -0.1) is 10.2 Å². The van der Waals surface area contributed by atoms with Gasteiger partial charge in [-0.25, -0.2) is 0 Å². The number of hydrogen-bond acceptors (Lipinski definition) is 4. The fourth-order valence-electron chi connectivity index (χ4n) is 2.91. The second-order valence-corrected chi connectivity index (χ2v) is 6.71. The summed E-state index contributed by atoms with van der Waals surface area (Å²) in [5, 5.41) is 12.2. The first-order chi connectivity index (χ1) is 9.79. The van der Waals surface area contributed by atoms with Crippen molar-refractivity contribution in [2.45, 2.75) is 6.04 Å². The van der Waals surface area contributed by atoms with Crippen LogP contribution >= 0.6 is 22.6 Å². The molecule has 4 nitrogen and oxygen atoms in total. The smallest absolute Gasteiger partial charge is 0.151 e. The van der Waals surface area contributed by atoms with E-state index in [-0.39, 0.29) is 0 Å². The Bertz CT molecular complexity index is 599. The Kier molecular flexibility index (Phi) is 3.11. The standard InChI is InChI=1S/C15H15IN4/c16-12-3-1-10(2-4-12)13-5-6-15(19-18-13)20-8-11-7-17-14(11)9-20/h1-6,11,14,17H,7-9H2. The highest BCUT2D eigenvalue weighted by atomic mass is 127. The van der Waals surface area contributed by atoms with Crippen molar-refractivity contribution in [3.05, 3.63) is 40.0 Å². The highest BCUT2D eigenvalue weighted by Crippen LogP contribution is 2.27. The molecule has 0 radical (unpaired) electrons. The normalized spacial score (nSPS) is 24.4. The van der Waals surface area contributed by atoms with Crippen molar-refractivity contribution < 1.29 is 0 Å². The van der Waals surface area contributed by atoms with Gasteiger partial charge in [0.15, 0.2) is 5.82 Å². The first-order valence-corrected chi connectivity index (χ1v) is 7.95. The molecule has 1 N–H and O–H groups in total. The lowest BCUT2D eigenvalue weighted by molar-refractivity contribution is 0.297. The maximum absolute atomic E-state index is 4.40. The second-order valence-electron chi connectivity index (χ2n) is 5.46. The summed E-state index contributed by atoms with van der Waals surface area (Å²) in [4.78, 5) is 2.33. The predicted octanol–water partition coefficient (Wildman–Crippen LogP) is 2.16. The van der Waals surface area contributed by atoms with E-state index < -0.39 is 0 Å². The molecule has 0 aliphatic carbocycles. The average molecular weight is 378 g/mol. The van der Waals surface area contributed by atoms with Crippen LogP contribution in [0.5, 0.6) is 0 Å². The maximum atomic E-state index is 4.40. The first-order valence-electron chi connectivity index (χ1n) is 6.87. The van der Waals surface area contributed by atoms with Crippen molar-refractivity contribution in [1.82, 2.24) is 15.5 Å². The lowest BCUT2D eigenvalue weighted by Gasteiger charge is -2.29. The molecule has 2 atom stereocenters. The summed E-state index contributed by atoms with van der Waals surface area (Å²) in [5.74, 6) is 1.79. The zero-order valence-corrected chi connectivity index (χ0v) is 13.1. The van der Waals surface area contributed by atoms with Crippen molar-refractivity contribution in [1.29, 1.82) is 0 Å². The molecule has 2 aromatic rings. The van der Waals surface area contributed by atoms with E-state index in [1.54, 1.807) is 0 Å². The number of halogens is 1. The fourth-order valence-corrected chi connectivity index (χ4v) is 3.27. The highest BCUT2D eigenvalue weighted by molar-refractivity contribution is 14.1. The average Bonchev–Trinajstić information content (AvgIpc) is 2.76. The molecule has 102 valence electrons. The maximum Gasteiger partial charge on any atom is 0.151 e. The Hall–Kier alpha value is -1.21. The molecule has 3 heterocycles. The molecule has 2 aliphatic heterocycles. The Labute approximate surface area is 131 Å². The molecule has 5 heteroatoms. The summed E-state index contributed by atoms with van der Waals surface area (Å²) in [6.07, 6.45) is 0. The van der Waals surface area contributed by atoms with Gasteiger partial charge in [0.2, 0.25) is 0 Å². The number of nitrogens with one attached hydrogen (secondary N) is 1. The highest BCUT2D eigenvalue weighted by Gasteiger charge is 2.39. The van der Waals surface area contributed by atoms with Gasteiger partial charge in [-0.1, -0.05) is 12.1 Å². The van der Waals surface area contributed by atoms with Crippen LogP contribution in [0, 0.1) is 9.49 Å². The van der Waals surface area contributed by atoms with E-state index in [0.717, 1.165) is 42.6 Å². The van der Waals surface area contributed by atoms with Crippen LogP contribution in [0.2, 0.25) is 0 Å². The Morgan fingerprint density at radius 2 is 1.90 bits per heavy atom. The van der Waals surface area contributed by atoms with Crippen molar-refractivity contribution in [3.8, 4) is 11.3 Å². The van der Waals surface area contributed by atoms with Gasteiger partial charge < -0.3 is 10.2 Å². The SMILES string of the molecule is Ic1ccc(-c2ccc(N3CC4CNC4C3)nn2)cc1. The Balaban J connectivity index is 1.55. The summed E-state index contributed by atoms with van der Waals surface area (Å²) >= 11 is 2.31. The predicted molar refractivity (Wildman–Crippen MR) is 87.7 cm³/mol. The van der Waals surface area contributed by atoms with Crippen LogP contribution in [0.1, 0.15) is 0 Å². The fraction of sp³-hybridized carbons (Fsp3) is 0.333. The minimum absolute atomic E-state index is 0.660. The quantitative estimate of drug-likeness (QED) is 0.814. The summed E-state index contributed by atoms with van der Waals surface area (Å²) in [7, 11) is 0. The van der Waals surface area contributed by atoms with Gasteiger partial charge in [-0.05, 0) is 46.9 Å². The first kappa shape index (κ1) is 12.5. The van der Waals surface area contributed by atoms with E-state index in [9.17, 15) is 0 Å². The van der Waals surface area contributed by atoms with Gasteiger partial charge in [0.05, 0.1) is 5.69 Å². The Morgan fingerprint density at radius 1 is 1.05 bits per heavy atom. The molecule has 0 bridgehead atoms. The number of nitrogens with zero attached hydrogens (tertiary/aromatic N) is 3. The number of anilines is 1. The van der Waals surface area contributed by atoms with Crippen molar-refractivity contribution in [3.63, 3.8) is 0 Å². The van der Waals surface area contributed by atoms with E-state index >= 15 is 0 Å². The topological polar surface area (TPSA) is 41.0 Å². The zero-order chi connectivity index (χ0) is 13.5. The van der Waals surface area contributed by atoms with Crippen molar-refractivity contribution in [2.24, 2.45) is 5.92 Å². The van der Waals surface area contributed by atoms with Gasteiger partial charge in [0, 0.05) is 40.7 Å². The molecule has 1 aromatic carbocycles. The van der Waals surface area contributed by atoms with Gasteiger partial charge in [-0.2, -0.15) is 0 Å². The van der Waals surface area contributed by atoms with E-state index in [1.807, 2.05) is 0 Å². The zero-order valence-electron chi connectivity index (χ0n) is 11.0. The van der Waals surface area contributed by atoms with Crippen LogP contribution in [0.25, 0.3) is 11.3 Å². The van der Waals surface area contributed by atoms with Gasteiger partial charge in [0.25, 0.3) is 0 Å². The van der Waals surface area contributed by atoms with Crippen LogP contribution in [-0.2, 0) is 0 Å². The van der Waals surface area contributed by atoms with E-state index in [0.29, 0.717) is 6.04 Å². The molecule has 0 spiro atoms. The molecule has 0 amide bonds. The van der Waals surface area contributed by atoms with E-state index in [4.69, 9.17) is 0 Å². The van der Waals surface area contributed by atoms with E-state index in [2.05, 4.69) is 79.4 Å². The van der Waals surface area contributed by atoms with Crippen LogP contribution in [0.4, 0.5) is 5.82 Å². The van der Waals surface area contributed by atoms with Crippen molar-refractivity contribution >= 4 is 28.4 Å². The summed E-state index contributed by atoms with van der Waals surface area (Å²) in [6, 6.07) is 13.2. The van der Waals surface area contributed by atoms with Crippen LogP contribution in [0.15, 0.2) is 36.4 Å². The molecule has 0 saturated carbocycles. The number of rotatable bonds is 2. The summed E-state index contributed by atoms with van der Waals surface area (Å²) in [6.45, 7) is 3.31. The summed E-state index contributed by atoms with van der Waals surface area (Å²) in [5.41, 5.74) is 2.05. The molecule has 2 unspecified atom stereocenters. The molecule has 20 heavy (non-hydrogen) atoms. The largest absolute Gasteiger partial charge is 0.353 e. The molecular formula is C15H15IN4. The summed E-state index contributed by atoms with van der Waals surface area (Å²) < 4.78 is 1.23. The third-order valence-corrected chi connectivity index (χ3v) is 4.92. The van der Waals surface area contributed by atoms with Gasteiger partial charge in [0.1, 0.15) is 0 Å². The van der Waals surface area contributed by atoms with Crippen LogP contribution in [-0.4, -0.2) is 35.9 Å². The van der Waals surface area contributed by atoms with Crippen LogP contribution in [0.3, 0.4) is 0 Å². The second kappa shape index (κ2) is 4.96. The third-order valence-electron chi connectivity index (χ3n) is 4.20. The number of fused-ring (bicyclic) bond motifs is 1. The lowest BCUT2D eigenvalue weighted by Crippen LogP contribution is -2.51. The molecule has 2 fully saturated rings. The molecule has 2 saturated heterocycles. The molecular weight excluding hydrogens is 363 g/mol. The Morgan fingerprint density at radius 3 is 2.45 bits per heavy atom. The molecule has 4 rings (SSSR count). The minimum atomic E-state index is 0.660. The van der Waals surface area contributed by atoms with Gasteiger partial charge >= 0.3 is 0 Å². The number of hydrogen-bond donors (Lipinski definition) is 1. The number of aromatic nitrogens is 2. The third kappa shape index (κ3) is 2.18. The minimum Gasteiger partial charge on any atom is -0.353 e. The number of benzene rings is 1. The van der Waals surface area contributed by atoms with E-state index in [1.165, 1.54) is 3.57 Å². The van der Waals surface area contributed by atoms with Crippen molar-refractivity contribution in [2.75, 3.05) is 24.5 Å². The lowest BCUT2D eigenvalue weighted by atomic mass is 9.96. The van der Waals surface area contributed by atoms with Crippen LogP contribution < -0.4 is 10.2 Å². The molecule has 1 aromatic heterocycles.